The molecule has 25 heavy (non-hydrogen) atoms. The monoisotopic (exact) mass is 340 g/mol. The number of ether oxygens (including phenoxy) is 2. The van der Waals surface area contributed by atoms with Gasteiger partial charge in [0.2, 0.25) is 12.7 Å². The third kappa shape index (κ3) is 2.52. The second kappa shape index (κ2) is 5.54. The zero-order valence-corrected chi connectivity index (χ0v) is 13.5. The molecule has 5 rings (SSSR count). The molecule has 1 N–H and O–H groups in total. The predicted molar refractivity (Wildman–Crippen MR) is 93.0 cm³/mol. The lowest BCUT2D eigenvalue weighted by Gasteiger charge is -2.36. The smallest absolute Gasteiger partial charge is 0.231 e. The summed E-state index contributed by atoms with van der Waals surface area (Å²) in [4.78, 5) is 12.5. The van der Waals surface area contributed by atoms with Crippen LogP contribution in [0.1, 0.15) is 0 Å². The molecule has 2 aliphatic rings. The predicted octanol–water partition coefficient (Wildman–Crippen LogP) is 2.76. The minimum Gasteiger partial charge on any atom is -0.454 e. The highest BCUT2D eigenvalue weighted by molar-refractivity contribution is 5.82. The molecular formula is C18H17FN4O2. The fraction of sp³-hybridized carbons (Fsp3) is 0.278. The number of rotatable bonds is 2. The molecule has 0 atom stereocenters. The number of anilines is 2. The van der Waals surface area contributed by atoms with Gasteiger partial charge in [0.25, 0.3) is 0 Å². The van der Waals surface area contributed by atoms with E-state index >= 15 is 0 Å². The Labute approximate surface area is 143 Å². The van der Waals surface area contributed by atoms with Crippen LogP contribution in [0.15, 0.2) is 36.4 Å². The molecule has 3 aromatic rings. The highest BCUT2D eigenvalue weighted by Crippen LogP contribution is 2.36. The summed E-state index contributed by atoms with van der Waals surface area (Å²) in [6, 6.07) is 10.5. The zero-order valence-electron chi connectivity index (χ0n) is 13.5. The summed E-state index contributed by atoms with van der Waals surface area (Å²) in [5.41, 5.74) is 2.87. The minimum absolute atomic E-state index is 0.204. The lowest BCUT2D eigenvalue weighted by molar-refractivity contribution is 0.174. The van der Waals surface area contributed by atoms with Gasteiger partial charge in [-0.2, -0.15) is 0 Å². The fourth-order valence-corrected chi connectivity index (χ4v) is 3.36. The molecule has 0 bridgehead atoms. The van der Waals surface area contributed by atoms with Gasteiger partial charge in [-0.15, -0.1) is 0 Å². The number of benzene rings is 2. The standard InChI is InChI=1S/C18H17FN4O2/c19-12-1-3-13(4-2-12)22-5-7-23(8-6-22)18-20-14-9-16-17(25-11-24-16)10-15(14)21-18/h1-4,9-10H,5-8,11H2,(H,20,21). The van der Waals surface area contributed by atoms with Gasteiger partial charge < -0.3 is 24.3 Å². The summed E-state index contributed by atoms with van der Waals surface area (Å²) in [7, 11) is 0. The van der Waals surface area contributed by atoms with Gasteiger partial charge in [-0.25, -0.2) is 9.37 Å². The van der Waals surface area contributed by atoms with Crippen molar-refractivity contribution in [3.63, 3.8) is 0 Å². The molecule has 0 saturated carbocycles. The molecule has 7 heteroatoms. The third-order valence-electron chi connectivity index (χ3n) is 4.73. The summed E-state index contributed by atoms with van der Waals surface area (Å²) in [5, 5.41) is 0. The highest BCUT2D eigenvalue weighted by atomic mass is 19.1. The minimum atomic E-state index is -0.204. The molecule has 0 spiro atoms. The SMILES string of the molecule is Fc1ccc(N2CCN(c3nc4cc5c(cc4[nH]3)OCO5)CC2)cc1. The van der Waals surface area contributed by atoms with Crippen molar-refractivity contribution in [1.82, 2.24) is 9.97 Å². The summed E-state index contributed by atoms with van der Waals surface area (Å²) in [5.74, 6) is 2.15. The highest BCUT2D eigenvalue weighted by Gasteiger charge is 2.21. The van der Waals surface area contributed by atoms with E-state index in [-0.39, 0.29) is 12.6 Å². The maximum absolute atomic E-state index is 13.1. The number of aromatic amines is 1. The van der Waals surface area contributed by atoms with Gasteiger partial charge in [0.15, 0.2) is 11.5 Å². The number of piperazine rings is 1. The fourth-order valence-electron chi connectivity index (χ4n) is 3.36. The van der Waals surface area contributed by atoms with Gasteiger partial charge in [0.05, 0.1) is 11.0 Å². The molecule has 2 aromatic carbocycles. The van der Waals surface area contributed by atoms with Crippen LogP contribution >= 0.6 is 0 Å². The average Bonchev–Trinajstić information content (AvgIpc) is 3.26. The first-order valence-electron chi connectivity index (χ1n) is 8.31. The van der Waals surface area contributed by atoms with Crippen LogP contribution in [-0.2, 0) is 0 Å². The molecule has 0 aliphatic carbocycles. The second-order valence-corrected chi connectivity index (χ2v) is 6.23. The largest absolute Gasteiger partial charge is 0.454 e. The number of hydrogen-bond acceptors (Lipinski definition) is 5. The van der Waals surface area contributed by atoms with Gasteiger partial charge in [-0.1, -0.05) is 0 Å². The van der Waals surface area contributed by atoms with E-state index in [2.05, 4.69) is 19.8 Å². The Morgan fingerprint density at radius 3 is 2.36 bits per heavy atom. The van der Waals surface area contributed by atoms with E-state index in [0.29, 0.717) is 0 Å². The van der Waals surface area contributed by atoms with Crippen LogP contribution in [0.25, 0.3) is 11.0 Å². The Kier molecular flexibility index (Phi) is 3.19. The summed E-state index contributed by atoms with van der Waals surface area (Å²) in [6.07, 6.45) is 0. The molecule has 1 fully saturated rings. The van der Waals surface area contributed by atoms with Crippen LogP contribution in [0.4, 0.5) is 16.0 Å². The zero-order chi connectivity index (χ0) is 16.8. The summed E-state index contributed by atoms with van der Waals surface area (Å²) >= 11 is 0. The molecule has 0 radical (unpaired) electrons. The van der Waals surface area contributed by atoms with Crippen molar-refractivity contribution in [3.05, 3.63) is 42.2 Å². The van der Waals surface area contributed by atoms with E-state index in [4.69, 9.17) is 9.47 Å². The van der Waals surface area contributed by atoms with Crippen molar-refractivity contribution in [1.29, 1.82) is 0 Å². The topological polar surface area (TPSA) is 53.6 Å². The maximum atomic E-state index is 13.1. The Bertz CT molecular complexity index is 876. The molecule has 2 aliphatic heterocycles. The molecular weight excluding hydrogens is 323 g/mol. The summed E-state index contributed by atoms with van der Waals surface area (Å²) < 4.78 is 23.9. The number of fused-ring (bicyclic) bond motifs is 2. The number of halogens is 1. The number of hydrogen-bond donors (Lipinski definition) is 1. The molecule has 0 unspecified atom stereocenters. The lowest BCUT2D eigenvalue weighted by atomic mass is 10.2. The molecule has 1 saturated heterocycles. The van der Waals surface area contributed by atoms with Crippen molar-refractivity contribution in [2.75, 3.05) is 42.8 Å². The first kappa shape index (κ1) is 14.4. The second-order valence-electron chi connectivity index (χ2n) is 6.23. The van der Waals surface area contributed by atoms with E-state index in [9.17, 15) is 4.39 Å². The van der Waals surface area contributed by atoms with Crippen molar-refractivity contribution in [2.45, 2.75) is 0 Å². The lowest BCUT2D eigenvalue weighted by Crippen LogP contribution is -2.46. The van der Waals surface area contributed by atoms with Crippen molar-refractivity contribution >= 4 is 22.7 Å². The molecule has 1 aromatic heterocycles. The van der Waals surface area contributed by atoms with Gasteiger partial charge >= 0.3 is 0 Å². The van der Waals surface area contributed by atoms with Crippen LogP contribution < -0.4 is 19.3 Å². The van der Waals surface area contributed by atoms with Crippen LogP contribution in [0.3, 0.4) is 0 Å². The quantitative estimate of drug-likeness (QED) is 0.777. The number of imidazole rings is 1. The Morgan fingerprint density at radius 1 is 0.920 bits per heavy atom. The molecule has 6 nitrogen and oxygen atoms in total. The Balaban J connectivity index is 1.33. The Hall–Kier alpha value is -2.96. The van der Waals surface area contributed by atoms with E-state index in [1.807, 2.05) is 24.3 Å². The van der Waals surface area contributed by atoms with Crippen molar-refractivity contribution in [2.24, 2.45) is 0 Å². The Morgan fingerprint density at radius 2 is 1.60 bits per heavy atom. The number of aromatic nitrogens is 2. The molecule has 0 amide bonds. The summed E-state index contributed by atoms with van der Waals surface area (Å²) in [6.45, 7) is 3.70. The first-order valence-corrected chi connectivity index (χ1v) is 8.31. The number of nitrogens with one attached hydrogen (secondary N) is 1. The van der Waals surface area contributed by atoms with Crippen molar-refractivity contribution in [3.8, 4) is 11.5 Å². The number of H-pyrrole nitrogens is 1. The van der Waals surface area contributed by atoms with Crippen LogP contribution in [0.2, 0.25) is 0 Å². The third-order valence-corrected chi connectivity index (χ3v) is 4.73. The van der Waals surface area contributed by atoms with Crippen LogP contribution in [0.5, 0.6) is 11.5 Å². The average molecular weight is 340 g/mol. The first-order chi connectivity index (χ1) is 12.3. The number of nitrogens with zero attached hydrogens (tertiary/aromatic N) is 3. The van der Waals surface area contributed by atoms with Crippen LogP contribution in [0, 0.1) is 5.82 Å². The van der Waals surface area contributed by atoms with Gasteiger partial charge in [-0.3, -0.25) is 0 Å². The van der Waals surface area contributed by atoms with Gasteiger partial charge in [0.1, 0.15) is 5.82 Å². The van der Waals surface area contributed by atoms with E-state index in [1.54, 1.807) is 0 Å². The van der Waals surface area contributed by atoms with E-state index in [0.717, 1.165) is 60.3 Å². The van der Waals surface area contributed by atoms with E-state index in [1.165, 1.54) is 12.1 Å². The van der Waals surface area contributed by atoms with Crippen molar-refractivity contribution < 1.29 is 13.9 Å². The maximum Gasteiger partial charge on any atom is 0.231 e. The molecule has 128 valence electrons. The van der Waals surface area contributed by atoms with Gasteiger partial charge in [0, 0.05) is 44.0 Å². The van der Waals surface area contributed by atoms with Gasteiger partial charge in [-0.05, 0) is 24.3 Å². The van der Waals surface area contributed by atoms with Crippen LogP contribution in [-0.4, -0.2) is 42.9 Å². The normalized spacial score (nSPS) is 16.7. The molecule has 3 heterocycles. The van der Waals surface area contributed by atoms with E-state index < -0.39 is 0 Å².